The van der Waals surface area contributed by atoms with Gasteiger partial charge in [-0.15, -0.1) is 0 Å². The minimum absolute atomic E-state index is 0.269. The van der Waals surface area contributed by atoms with Crippen molar-refractivity contribution in [2.75, 3.05) is 6.61 Å². The topological polar surface area (TPSA) is 35.2 Å². The molecule has 2 aliphatic rings. The summed E-state index contributed by atoms with van der Waals surface area (Å²) in [6, 6.07) is 0.269. The summed E-state index contributed by atoms with van der Waals surface area (Å²) in [5, 5.41) is 0. The van der Waals surface area contributed by atoms with Gasteiger partial charge in [0, 0.05) is 12.6 Å². The molecule has 0 aromatic rings. The summed E-state index contributed by atoms with van der Waals surface area (Å²) >= 11 is 0. The van der Waals surface area contributed by atoms with Crippen LogP contribution in [0.4, 0.5) is 0 Å². The highest BCUT2D eigenvalue weighted by Crippen LogP contribution is 2.36. The molecule has 0 spiro atoms. The molecule has 0 heterocycles. The first-order valence-electron chi connectivity index (χ1n) is 8.59. The van der Waals surface area contributed by atoms with E-state index in [9.17, 15) is 0 Å². The van der Waals surface area contributed by atoms with Crippen molar-refractivity contribution in [3.63, 3.8) is 0 Å². The summed E-state index contributed by atoms with van der Waals surface area (Å²) in [7, 11) is 0. The van der Waals surface area contributed by atoms with Crippen molar-refractivity contribution in [3.8, 4) is 0 Å². The molecule has 19 heavy (non-hydrogen) atoms. The summed E-state index contributed by atoms with van der Waals surface area (Å²) in [4.78, 5) is 0. The van der Waals surface area contributed by atoms with Crippen LogP contribution in [0.25, 0.3) is 0 Å². The summed E-state index contributed by atoms with van der Waals surface area (Å²) in [5.41, 5.74) is 6.65. The lowest BCUT2D eigenvalue weighted by molar-refractivity contribution is -0.0274. The molecule has 2 heteroatoms. The molecule has 2 fully saturated rings. The molecule has 2 nitrogen and oxygen atoms in total. The minimum atomic E-state index is 0.269. The molecule has 0 saturated heterocycles. The number of ether oxygens (including phenoxy) is 1. The van der Waals surface area contributed by atoms with Crippen LogP contribution in [0, 0.1) is 17.8 Å². The van der Waals surface area contributed by atoms with Crippen molar-refractivity contribution in [2.24, 2.45) is 23.5 Å². The first-order valence-corrected chi connectivity index (χ1v) is 8.59. The Balaban J connectivity index is 1.95. The van der Waals surface area contributed by atoms with Crippen LogP contribution in [0.2, 0.25) is 0 Å². The molecular formula is C17H33NO. The fourth-order valence-electron chi connectivity index (χ4n) is 4.32. The Kier molecular flexibility index (Phi) is 6.15. The monoisotopic (exact) mass is 267 g/mol. The van der Waals surface area contributed by atoms with Gasteiger partial charge in [0.2, 0.25) is 0 Å². The number of rotatable bonds is 5. The van der Waals surface area contributed by atoms with Crippen molar-refractivity contribution in [1.29, 1.82) is 0 Å². The molecule has 2 aliphatic carbocycles. The summed E-state index contributed by atoms with van der Waals surface area (Å²) in [5.74, 6) is 2.28. The lowest BCUT2D eigenvalue weighted by atomic mass is 9.73. The van der Waals surface area contributed by atoms with Crippen molar-refractivity contribution in [2.45, 2.75) is 83.8 Å². The third-order valence-electron chi connectivity index (χ3n) is 5.37. The molecule has 2 rings (SSSR count). The van der Waals surface area contributed by atoms with E-state index in [2.05, 4.69) is 13.8 Å². The van der Waals surface area contributed by atoms with Crippen LogP contribution in [0.1, 0.15) is 71.6 Å². The third kappa shape index (κ3) is 4.19. The maximum Gasteiger partial charge on any atom is 0.0756 e. The van der Waals surface area contributed by atoms with Gasteiger partial charge in [-0.1, -0.05) is 39.0 Å². The van der Waals surface area contributed by atoms with Crippen LogP contribution in [0.5, 0.6) is 0 Å². The van der Waals surface area contributed by atoms with Gasteiger partial charge in [0.25, 0.3) is 0 Å². The van der Waals surface area contributed by atoms with E-state index in [0.29, 0.717) is 12.0 Å². The zero-order valence-corrected chi connectivity index (χ0v) is 12.9. The van der Waals surface area contributed by atoms with E-state index in [-0.39, 0.29) is 6.04 Å². The van der Waals surface area contributed by atoms with E-state index in [4.69, 9.17) is 10.5 Å². The van der Waals surface area contributed by atoms with Gasteiger partial charge in [-0.25, -0.2) is 0 Å². The lowest BCUT2D eigenvalue weighted by Crippen LogP contribution is -2.48. The maximum atomic E-state index is 6.65. The summed E-state index contributed by atoms with van der Waals surface area (Å²) in [6.07, 6.45) is 12.5. The molecule has 0 aliphatic heterocycles. The fourth-order valence-corrected chi connectivity index (χ4v) is 4.32. The molecule has 4 atom stereocenters. The van der Waals surface area contributed by atoms with Gasteiger partial charge in [-0.05, 0) is 50.4 Å². The first-order chi connectivity index (χ1) is 9.22. The molecule has 4 unspecified atom stereocenters. The van der Waals surface area contributed by atoms with E-state index in [1.165, 1.54) is 57.8 Å². The van der Waals surface area contributed by atoms with Crippen LogP contribution in [0.3, 0.4) is 0 Å². The summed E-state index contributed by atoms with van der Waals surface area (Å²) < 4.78 is 6.11. The molecular weight excluding hydrogens is 234 g/mol. The number of hydrogen-bond donors (Lipinski definition) is 1. The standard InChI is InChI=1S/C17H33NO/c1-3-19-17(14-9-5-4-6-10-14)16(18)15-11-7-8-13(2)12-15/h13-17H,3-12,18H2,1-2H3. The molecule has 2 N–H and O–H groups in total. The number of nitrogens with two attached hydrogens (primary N) is 1. The van der Waals surface area contributed by atoms with Crippen molar-refractivity contribution >= 4 is 0 Å². The fraction of sp³-hybridized carbons (Fsp3) is 1.00. The van der Waals surface area contributed by atoms with Gasteiger partial charge in [-0.2, -0.15) is 0 Å². The Morgan fingerprint density at radius 3 is 2.32 bits per heavy atom. The zero-order chi connectivity index (χ0) is 13.7. The second kappa shape index (κ2) is 7.64. The Bertz CT molecular complexity index is 250. The maximum absolute atomic E-state index is 6.65. The van der Waals surface area contributed by atoms with Gasteiger partial charge in [0.05, 0.1) is 6.10 Å². The average molecular weight is 267 g/mol. The molecule has 0 radical (unpaired) electrons. The number of hydrogen-bond acceptors (Lipinski definition) is 2. The molecule has 0 bridgehead atoms. The van der Waals surface area contributed by atoms with E-state index < -0.39 is 0 Å². The van der Waals surface area contributed by atoms with Crippen LogP contribution >= 0.6 is 0 Å². The van der Waals surface area contributed by atoms with Gasteiger partial charge >= 0.3 is 0 Å². The first kappa shape index (κ1) is 15.3. The van der Waals surface area contributed by atoms with Crippen LogP contribution < -0.4 is 5.73 Å². The molecule has 2 saturated carbocycles. The lowest BCUT2D eigenvalue weighted by Gasteiger charge is -2.39. The van der Waals surface area contributed by atoms with Gasteiger partial charge in [-0.3, -0.25) is 0 Å². The highest BCUT2D eigenvalue weighted by atomic mass is 16.5. The van der Waals surface area contributed by atoms with Gasteiger partial charge in [0.1, 0.15) is 0 Å². The highest BCUT2D eigenvalue weighted by molar-refractivity contribution is 4.89. The quantitative estimate of drug-likeness (QED) is 0.813. The Morgan fingerprint density at radius 1 is 1.00 bits per heavy atom. The smallest absolute Gasteiger partial charge is 0.0756 e. The normalized spacial score (nSPS) is 33.0. The molecule has 0 aromatic heterocycles. The highest BCUT2D eigenvalue weighted by Gasteiger charge is 2.35. The largest absolute Gasteiger partial charge is 0.377 e. The van der Waals surface area contributed by atoms with Crippen LogP contribution in [-0.4, -0.2) is 18.8 Å². The Hall–Kier alpha value is -0.0800. The average Bonchev–Trinajstić information content (AvgIpc) is 2.45. The predicted molar refractivity (Wildman–Crippen MR) is 81.1 cm³/mol. The zero-order valence-electron chi connectivity index (χ0n) is 12.9. The van der Waals surface area contributed by atoms with Crippen molar-refractivity contribution in [3.05, 3.63) is 0 Å². The van der Waals surface area contributed by atoms with E-state index in [1.807, 2.05) is 0 Å². The van der Waals surface area contributed by atoms with Gasteiger partial charge in [0.15, 0.2) is 0 Å². The third-order valence-corrected chi connectivity index (χ3v) is 5.37. The van der Waals surface area contributed by atoms with E-state index >= 15 is 0 Å². The van der Waals surface area contributed by atoms with E-state index in [0.717, 1.165) is 18.4 Å². The minimum Gasteiger partial charge on any atom is -0.377 e. The molecule has 112 valence electrons. The second-order valence-electron chi connectivity index (χ2n) is 6.93. The molecule has 0 amide bonds. The Labute approximate surface area is 119 Å². The van der Waals surface area contributed by atoms with Crippen LogP contribution in [0.15, 0.2) is 0 Å². The van der Waals surface area contributed by atoms with E-state index in [1.54, 1.807) is 0 Å². The van der Waals surface area contributed by atoms with Crippen LogP contribution in [-0.2, 0) is 4.74 Å². The predicted octanol–water partition coefficient (Wildman–Crippen LogP) is 4.13. The Morgan fingerprint density at radius 2 is 1.68 bits per heavy atom. The van der Waals surface area contributed by atoms with Gasteiger partial charge < -0.3 is 10.5 Å². The summed E-state index contributed by atoms with van der Waals surface area (Å²) in [6.45, 7) is 5.32. The molecule has 0 aromatic carbocycles. The van der Waals surface area contributed by atoms with Crippen molar-refractivity contribution in [1.82, 2.24) is 0 Å². The van der Waals surface area contributed by atoms with Crippen molar-refractivity contribution < 1.29 is 4.74 Å². The SMILES string of the molecule is CCOC(C1CCCCC1)C(N)C1CCCC(C)C1. The second-order valence-corrected chi connectivity index (χ2v) is 6.93.